The molecular weight excluding hydrogens is 217 g/mol. The van der Waals surface area contributed by atoms with Crippen molar-refractivity contribution < 1.29 is 4.39 Å². The van der Waals surface area contributed by atoms with E-state index >= 15 is 0 Å². The smallest absolute Gasteiger partial charge is 0.149 e. The van der Waals surface area contributed by atoms with Gasteiger partial charge in [-0.1, -0.05) is 12.1 Å². The third-order valence-electron chi connectivity index (χ3n) is 2.86. The minimum atomic E-state index is -0.286. The van der Waals surface area contributed by atoms with Crippen molar-refractivity contribution >= 4 is 10.9 Å². The number of fused-ring (bicyclic) bond motifs is 1. The van der Waals surface area contributed by atoms with Crippen molar-refractivity contribution in [1.29, 1.82) is 0 Å². The topological polar surface area (TPSA) is 37.8 Å². The van der Waals surface area contributed by atoms with Crippen LogP contribution in [0.2, 0.25) is 0 Å². The molecule has 17 heavy (non-hydrogen) atoms. The number of aromatic nitrogens is 2. The van der Waals surface area contributed by atoms with Crippen LogP contribution in [0.25, 0.3) is 10.9 Å². The second-order valence-corrected chi connectivity index (χ2v) is 4.25. The molecule has 0 saturated carbocycles. The first-order chi connectivity index (χ1) is 8.11. The Morgan fingerprint density at radius 1 is 1.35 bits per heavy atom. The van der Waals surface area contributed by atoms with Gasteiger partial charge in [0.2, 0.25) is 0 Å². The van der Waals surface area contributed by atoms with Crippen LogP contribution in [0.4, 0.5) is 4.39 Å². The van der Waals surface area contributed by atoms with Crippen molar-refractivity contribution in [2.24, 2.45) is 0 Å². The quantitative estimate of drug-likeness (QED) is 0.883. The summed E-state index contributed by atoms with van der Waals surface area (Å²) in [4.78, 5) is 8.58. The van der Waals surface area contributed by atoms with E-state index in [2.05, 4.69) is 22.2 Å². The number of benzene rings is 1. The number of para-hydroxylation sites is 1. The van der Waals surface area contributed by atoms with Crippen molar-refractivity contribution in [2.45, 2.75) is 26.3 Å². The summed E-state index contributed by atoms with van der Waals surface area (Å²) in [6.45, 7) is 3.86. The van der Waals surface area contributed by atoms with Crippen molar-refractivity contribution in [3.05, 3.63) is 35.5 Å². The Balaban J connectivity index is 2.58. The lowest BCUT2D eigenvalue weighted by Gasteiger charge is -2.12. The predicted octanol–water partition coefficient (Wildman–Crippen LogP) is 2.23. The SMILES string of the molecule is CNC(C)Cc1nc(C)nc2c(F)cccc12. The van der Waals surface area contributed by atoms with E-state index in [1.54, 1.807) is 13.0 Å². The summed E-state index contributed by atoms with van der Waals surface area (Å²) in [6, 6.07) is 5.30. The lowest BCUT2D eigenvalue weighted by Crippen LogP contribution is -2.24. The molecule has 0 aliphatic carbocycles. The van der Waals surface area contributed by atoms with E-state index in [0.29, 0.717) is 17.4 Å². The van der Waals surface area contributed by atoms with E-state index in [9.17, 15) is 4.39 Å². The molecule has 0 aliphatic rings. The highest BCUT2D eigenvalue weighted by Crippen LogP contribution is 2.19. The molecule has 1 aromatic carbocycles. The number of rotatable bonds is 3. The van der Waals surface area contributed by atoms with Crippen molar-refractivity contribution in [1.82, 2.24) is 15.3 Å². The monoisotopic (exact) mass is 233 g/mol. The molecule has 1 N–H and O–H groups in total. The van der Waals surface area contributed by atoms with Gasteiger partial charge in [0.15, 0.2) is 0 Å². The van der Waals surface area contributed by atoms with Crippen LogP contribution in [0.3, 0.4) is 0 Å². The van der Waals surface area contributed by atoms with Crippen LogP contribution < -0.4 is 5.32 Å². The minimum Gasteiger partial charge on any atom is -0.317 e. The van der Waals surface area contributed by atoms with Gasteiger partial charge in [0.25, 0.3) is 0 Å². The molecule has 1 aromatic heterocycles. The van der Waals surface area contributed by atoms with Gasteiger partial charge in [0.1, 0.15) is 17.2 Å². The molecule has 2 aromatic rings. The molecule has 4 heteroatoms. The molecule has 0 fully saturated rings. The van der Waals surface area contributed by atoms with E-state index in [-0.39, 0.29) is 5.82 Å². The Kier molecular flexibility index (Phi) is 3.33. The van der Waals surface area contributed by atoms with E-state index in [4.69, 9.17) is 0 Å². The van der Waals surface area contributed by atoms with Crippen LogP contribution in [0.15, 0.2) is 18.2 Å². The predicted molar refractivity (Wildman–Crippen MR) is 66.5 cm³/mol. The van der Waals surface area contributed by atoms with Crippen LogP contribution in [0, 0.1) is 12.7 Å². The van der Waals surface area contributed by atoms with Gasteiger partial charge in [-0.15, -0.1) is 0 Å². The van der Waals surface area contributed by atoms with Crippen LogP contribution in [-0.2, 0) is 6.42 Å². The molecule has 1 heterocycles. The summed E-state index contributed by atoms with van der Waals surface area (Å²) in [6.07, 6.45) is 0.764. The Hall–Kier alpha value is -1.55. The Morgan fingerprint density at radius 2 is 2.12 bits per heavy atom. The number of hydrogen-bond donors (Lipinski definition) is 1. The van der Waals surface area contributed by atoms with Crippen molar-refractivity contribution in [3.63, 3.8) is 0 Å². The van der Waals surface area contributed by atoms with Gasteiger partial charge >= 0.3 is 0 Å². The Bertz CT molecular complexity index is 539. The second kappa shape index (κ2) is 4.75. The minimum absolute atomic E-state index is 0.286. The summed E-state index contributed by atoms with van der Waals surface area (Å²) < 4.78 is 13.7. The number of hydrogen-bond acceptors (Lipinski definition) is 3. The van der Waals surface area contributed by atoms with Gasteiger partial charge in [-0.25, -0.2) is 14.4 Å². The number of aryl methyl sites for hydroxylation is 1. The van der Waals surface area contributed by atoms with Crippen LogP contribution in [0.1, 0.15) is 18.4 Å². The lowest BCUT2D eigenvalue weighted by molar-refractivity contribution is 0.600. The molecule has 0 aliphatic heterocycles. The number of nitrogens with one attached hydrogen (secondary N) is 1. The number of nitrogens with zero attached hydrogens (tertiary/aromatic N) is 2. The Morgan fingerprint density at radius 3 is 2.82 bits per heavy atom. The molecule has 0 saturated heterocycles. The van der Waals surface area contributed by atoms with Gasteiger partial charge in [0.05, 0.1) is 5.69 Å². The van der Waals surface area contributed by atoms with Gasteiger partial charge in [-0.3, -0.25) is 0 Å². The summed E-state index contributed by atoms with van der Waals surface area (Å²) >= 11 is 0. The fourth-order valence-electron chi connectivity index (χ4n) is 1.85. The lowest BCUT2D eigenvalue weighted by atomic mass is 10.1. The summed E-state index contributed by atoms with van der Waals surface area (Å²) in [5, 5.41) is 3.96. The van der Waals surface area contributed by atoms with Gasteiger partial charge in [-0.05, 0) is 27.0 Å². The molecular formula is C13H16FN3. The Labute approximate surface area is 100 Å². The maximum Gasteiger partial charge on any atom is 0.149 e. The zero-order valence-corrected chi connectivity index (χ0v) is 10.3. The average molecular weight is 233 g/mol. The first-order valence-electron chi connectivity index (χ1n) is 5.71. The standard InChI is InChI=1S/C13H16FN3/c1-8(15-3)7-12-10-5-4-6-11(14)13(10)17-9(2)16-12/h4-6,8,15H,7H2,1-3H3. The third-order valence-corrected chi connectivity index (χ3v) is 2.86. The maximum atomic E-state index is 13.7. The highest BCUT2D eigenvalue weighted by Gasteiger charge is 2.11. The highest BCUT2D eigenvalue weighted by molar-refractivity contribution is 5.81. The van der Waals surface area contributed by atoms with Crippen LogP contribution in [0.5, 0.6) is 0 Å². The molecule has 0 spiro atoms. The second-order valence-electron chi connectivity index (χ2n) is 4.25. The number of likely N-dealkylation sites (N-methyl/N-ethyl adjacent to an activating group) is 1. The fraction of sp³-hybridized carbons (Fsp3) is 0.385. The molecule has 1 unspecified atom stereocenters. The molecule has 0 amide bonds. The molecule has 0 radical (unpaired) electrons. The first-order valence-corrected chi connectivity index (χ1v) is 5.71. The van der Waals surface area contributed by atoms with E-state index in [1.807, 2.05) is 13.1 Å². The van der Waals surface area contributed by atoms with E-state index in [1.165, 1.54) is 6.07 Å². The highest BCUT2D eigenvalue weighted by atomic mass is 19.1. The van der Waals surface area contributed by atoms with Crippen molar-refractivity contribution in [2.75, 3.05) is 7.05 Å². The number of halogens is 1. The largest absolute Gasteiger partial charge is 0.317 e. The normalized spacial score (nSPS) is 12.9. The maximum absolute atomic E-state index is 13.7. The van der Waals surface area contributed by atoms with Crippen molar-refractivity contribution in [3.8, 4) is 0 Å². The summed E-state index contributed by atoms with van der Waals surface area (Å²) in [7, 11) is 1.90. The van der Waals surface area contributed by atoms with Gasteiger partial charge in [0, 0.05) is 17.8 Å². The zero-order chi connectivity index (χ0) is 12.4. The molecule has 2 rings (SSSR count). The first kappa shape index (κ1) is 11.9. The average Bonchev–Trinajstić information content (AvgIpc) is 2.30. The third kappa shape index (κ3) is 2.42. The van der Waals surface area contributed by atoms with Crippen LogP contribution >= 0.6 is 0 Å². The van der Waals surface area contributed by atoms with Gasteiger partial charge in [-0.2, -0.15) is 0 Å². The van der Waals surface area contributed by atoms with Crippen LogP contribution in [-0.4, -0.2) is 23.1 Å². The molecule has 1 atom stereocenters. The zero-order valence-electron chi connectivity index (χ0n) is 10.3. The van der Waals surface area contributed by atoms with Gasteiger partial charge < -0.3 is 5.32 Å². The summed E-state index contributed by atoms with van der Waals surface area (Å²) in [5.74, 6) is 0.326. The molecule has 90 valence electrons. The van der Waals surface area contributed by atoms with E-state index in [0.717, 1.165) is 17.5 Å². The summed E-state index contributed by atoms with van der Waals surface area (Å²) in [5.41, 5.74) is 1.31. The van der Waals surface area contributed by atoms with E-state index < -0.39 is 0 Å². The fourth-order valence-corrected chi connectivity index (χ4v) is 1.85. The molecule has 3 nitrogen and oxygen atoms in total. The molecule has 0 bridgehead atoms.